The topological polar surface area (TPSA) is 18.5 Å². The summed E-state index contributed by atoms with van der Waals surface area (Å²) in [5, 5.41) is 0. The summed E-state index contributed by atoms with van der Waals surface area (Å²) in [6, 6.07) is 0. The van der Waals surface area contributed by atoms with E-state index in [0.29, 0.717) is 5.41 Å². The van der Waals surface area contributed by atoms with Gasteiger partial charge in [0.05, 0.1) is 13.2 Å². The van der Waals surface area contributed by atoms with Gasteiger partial charge in [0.2, 0.25) is 0 Å². The van der Waals surface area contributed by atoms with Gasteiger partial charge in [0.25, 0.3) is 0 Å². The van der Waals surface area contributed by atoms with Crippen molar-refractivity contribution in [3.63, 3.8) is 0 Å². The number of ether oxygens (including phenoxy) is 2. The molecule has 0 atom stereocenters. The monoisotopic (exact) mass is 308 g/mol. The van der Waals surface area contributed by atoms with Crippen molar-refractivity contribution in [2.24, 2.45) is 11.3 Å². The van der Waals surface area contributed by atoms with E-state index < -0.39 is 0 Å². The van der Waals surface area contributed by atoms with Crippen molar-refractivity contribution in [2.75, 3.05) is 13.2 Å². The Morgan fingerprint density at radius 1 is 0.955 bits per heavy atom. The summed E-state index contributed by atoms with van der Waals surface area (Å²) in [7, 11) is 0. The van der Waals surface area contributed by atoms with Crippen LogP contribution in [0.25, 0.3) is 0 Å². The van der Waals surface area contributed by atoms with Gasteiger partial charge < -0.3 is 9.47 Å². The molecule has 3 rings (SSSR count). The van der Waals surface area contributed by atoms with Crippen LogP contribution in [0.2, 0.25) is 0 Å². The minimum atomic E-state index is -0.219. The predicted molar refractivity (Wildman–Crippen MR) is 93.6 cm³/mol. The number of hydrogen-bond acceptors (Lipinski definition) is 2. The van der Waals surface area contributed by atoms with Crippen LogP contribution in [0.4, 0.5) is 0 Å². The summed E-state index contributed by atoms with van der Waals surface area (Å²) < 4.78 is 11.7. The Hall–Kier alpha value is -0.520. The fourth-order valence-electron chi connectivity index (χ4n) is 3.77. The Balaban J connectivity index is 0.000000561. The molecule has 3 fully saturated rings. The first-order valence-corrected chi connectivity index (χ1v) is 9.47. The molecule has 128 valence electrons. The average molecular weight is 309 g/mol. The first kappa shape index (κ1) is 19.5. The van der Waals surface area contributed by atoms with Crippen LogP contribution in [0.5, 0.6) is 0 Å². The Morgan fingerprint density at radius 3 is 1.95 bits per heavy atom. The lowest BCUT2D eigenvalue weighted by molar-refractivity contribution is -0.193. The number of terminal acetylenes is 1. The van der Waals surface area contributed by atoms with E-state index in [9.17, 15) is 0 Å². The molecule has 2 aliphatic carbocycles. The zero-order chi connectivity index (χ0) is 16.5. The third kappa shape index (κ3) is 5.28. The van der Waals surface area contributed by atoms with Gasteiger partial charge in [-0.25, -0.2) is 0 Å². The van der Waals surface area contributed by atoms with Gasteiger partial charge in [-0.05, 0) is 37.0 Å². The Morgan fingerprint density at radius 2 is 1.50 bits per heavy atom. The van der Waals surface area contributed by atoms with Crippen LogP contribution in [0.1, 0.15) is 85.5 Å². The van der Waals surface area contributed by atoms with Crippen molar-refractivity contribution in [3.8, 4) is 12.3 Å². The Bertz CT molecular complexity index is 322. The van der Waals surface area contributed by atoms with Gasteiger partial charge >= 0.3 is 0 Å². The molecular formula is C20H36O2. The maximum Gasteiger partial charge on any atom is 0.168 e. The van der Waals surface area contributed by atoms with Crippen molar-refractivity contribution in [2.45, 2.75) is 91.3 Å². The van der Waals surface area contributed by atoms with Crippen molar-refractivity contribution < 1.29 is 9.47 Å². The molecule has 1 heterocycles. The van der Waals surface area contributed by atoms with Gasteiger partial charge in [0, 0.05) is 19.3 Å². The van der Waals surface area contributed by atoms with Crippen molar-refractivity contribution in [3.05, 3.63) is 0 Å². The highest BCUT2D eigenvalue weighted by atomic mass is 16.7. The molecule has 0 amide bonds. The van der Waals surface area contributed by atoms with Crippen LogP contribution in [0.15, 0.2) is 0 Å². The smallest absolute Gasteiger partial charge is 0.168 e. The van der Waals surface area contributed by atoms with Crippen LogP contribution in [-0.2, 0) is 9.47 Å². The minimum absolute atomic E-state index is 0.219. The van der Waals surface area contributed by atoms with Crippen LogP contribution >= 0.6 is 0 Å². The van der Waals surface area contributed by atoms with Crippen LogP contribution in [0, 0.1) is 23.7 Å². The van der Waals surface area contributed by atoms with Crippen molar-refractivity contribution in [1.82, 2.24) is 0 Å². The summed E-state index contributed by atoms with van der Waals surface area (Å²) in [5.74, 6) is 3.60. The van der Waals surface area contributed by atoms with Crippen molar-refractivity contribution >= 4 is 0 Å². The van der Waals surface area contributed by atoms with E-state index in [4.69, 9.17) is 15.9 Å². The van der Waals surface area contributed by atoms with E-state index in [0.717, 1.165) is 38.4 Å². The van der Waals surface area contributed by atoms with E-state index in [1.165, 1.54) is 38.5 Å². The molecule has 0 aromatic heterocycles. The summed E-state index contributed by atoms with van der Waals surface area (Å²) in [6.07, 6.45) is 16.5. The highest BCUT2D eigenvalue weighted by Crippen LogP contribution is 2.53. The maximum atomic E-state index is 5.84. The van der Waals surface area contributed by atoms with Gasteiger partial charge in [-0.2, -0.15) is 0 Å². The first-order valence-electron chi connectivity index (χ1n) is 9.47. The van der Waals surface area contributed by atoms with Crippen molar-refractivity contribution in [1.29, 1.82) is 0 Å². The molecule has 3 aliphatic rings. The molecule has 2 nitrogen and oxygen atoms in total. The molecule has 0 N–H and O–H groups in total. The molecular weight excluding hydrogens is 272 g/mol. The molecule has 0 bridgehead atoms. The van der Waals surface area contributed by atoms with Gasteiger partial charge in [-0.3, -0.25) is 0 Å². The SMILES string of the molecule is C#CCCC1(CC2CC2)CCC2(CC1)OCCO2.CC.CC. The quantitative estimate of drug-likeness (QED) is 0.633. The highest BCUT2D eigenvalue weighted by Gasteiger charge is 2.47. The average Bonchev–Trinajstić information content (AvgIpc) is 3.28. The van der Waals surface area contributed by atoms with E-state index in [-0.39, 0.29) is 5.79 Å². The maximum absolute atomic E-state index is 5.84. The van der Waals surface area contributed by atoms with E-state index >= 15 is 0 Å². The lowest BCUT2D eigenvalue weighted by Crippen LogP contribution is -2.40. The van der Waals surface area contributed by atoms with Gasteiger partial charge in [0.1, 0.15) is 0 Å². The zero-order valence-electron chi connectivity index (χ0n) is 15.2. The Kier molecular flexibility index (Phi) is 8.50. The van der Waals surface area contributed by atoms with Crippen LogP contribution in [0.3, 0.4) is 0 Å². The lowest BCUT2D eigenvalue weighted by atomic mass is 9.66. The normalized spacial score (nSPS) is 24.5. The second-order valence-corrected chi connectivity index (χ2v) is 6.46. The second kappa shape index (κ2) is 9.58. The van der Waals surface area contributed by atoms with Gasteiger partial charge in [0.15, 0.2) is 5.79 Å². The third-order valence-electron chi connectivity index (χ3n) is 5.10. The van der Waals surface area contributed by atoms with Gasteiger partial charge in [-0.1, -0.05) is 40.5 Å². The molecule has 0 aromatic carbocycles. The van der Waals surface area contributed by atoms with E-state index in [1.807, 2.05) is 27.7 Å². The minimum Gasteiger partial charge on any atom is -0.348 e. The molecule has 0 unspecified atom stereocenters. The standard InChI is InChI=1S/C16H24O2.2C2H6/c1-2-3-6-15(13-14-4-5-14)7-9-16(10-8-15)17-11-12-18-16;2*1-2/h1,14H,3-13H2;2*1-2H3. The Labute approximate surface area is 138 Å². The highest BCUT2D eigenvalue weighted by molar-refractivity contribution is 4.97. The zero-order valence-corrected chi connectivity index (χ0v) is 15.2. The number of hydrogen-bond donors (Lipinski definition) is 0. The molecule has 0 radical (unpaired) electrons. The molecule has 2 saturated carbocycles. The van der Waals surface area contributed by atoms with Gasteiger partial charge in [-0.15, -0.1) is 12.3 Å². The summed E-state index contributed by atoms with van der Waals surface area (Å²) in [4.78, 5) is 0. The molecule has 1 spiro atoms. The third-order valence-corrected chi connectivity index (χ3v) is 5.10. The summed E-state index contributed by atoms with van der Waals surface area (Å²) >= 11 is 0. The number of rotatable bonds is 4. The van der Waals surface area contributed by atoms with Crippen LogP contribution in [-0.4, -0.2) is 19.0 Å². The van der Waals surface area contributed by atoms with E-state index in [1.54, 1.807) is 0 Å². The molecule has 1 saturated heterocycles. The van der Waals surface area contributed by atoms with E-state index in [2.05, 4.69) is 5.92 Å². The summed E-state index contributed by atoms with van der Waals surface area (Å²) in [6.45, 7) is 9.56. The molecule has 22 heavy (non-hydrogen) atoms. The first-order chi connectivity index (χ1) is 10.8. The lowest BCUT2D eigenvalue weighted by Gasteiger charge is -2.44. The molecule has 1 aliphatic heterocycles. The molecule has 0 aromatic rings. The second-order valence-electron chi connectivity index (χ2n) is 6.46. The fraction of sp³-hybridized carbons (Fsp3) is 0.900. The predicted octanol–water partition coefficient (Wildman–Crippen LogP) is 5.56. The fourth-order valence-corrected chi connectivity index (χ4v) is 3.77. The van der Waals surface area contributed by atoms with Crippen LogP contribution < -0.4 is 0 Å². The summed E-state index contributed by atoms with van der Waals surface area (Å²) in [5.41, 5.74) is 0.494. The molecule has 2 heteroatoms. The largest absolute Gasteiger partial charge is 0.348 e.